The van der Waals surface area contributed by atoms with Gasteiger partial charge in [0.1, 0.15) is 5.75 Å². The molecule has 1 amide bonds. The number of nitrogens with one attached hydrogen (secondary N) is 1. The normalized spacial score (nSPS) is 11.1. The molecule has 6 nitrogen and oxygen atoms in total. The number of rotatable bonds is 9. The van der Waals surface area contributed by atoms with E-state index >= 15 is 0 Å². The maximum Gasteiger partial charge on any atom is 0.258 e. The monoisotopic (exact) mass is 492 g/mol. The lowest BCUT2D eigenvalue weighted by atomic mass is 10.2. The third-order valence-corrected chi connectivity index (χ3v) is 6.33. The molecule has 0 atom stereocenters. The number of anilines is 1. The molecule has 32 heavy (non-hydrogen) atoms. The fourth-order valence-corrected chi connectivity index (χ4v) is 4.09. The van der Waals surface area contributed by atoms with E-state index in [1.807, 2.05) is 12.1 Å². The van der Waals surface area contributed by atoms with Crippen molar-refractivity contribution in [1.29, 1.82) is 0 Å². The summed E-state index contributed by atoms with van der Waals surface area (Å²) >= 11 is 12.0. The number of hydrogen-bond donors (Lipinski definition) is 1. The van der Waals surface area contributed by atoms with Gasteiger partial charge in [-0.1, -0.05) is 53.5 Å². The molecule has 0 aliphatic heterocycles. The Hall–Kier alpha value is -2.74. The number of halogens is 2. The molecule has 0 aromatic heterocycles. The number of hydrogen-bond acceptors (Lipinski definition) is 4. The van der Waals surface area contributed by atoms with Crippen molar-refractivity contribution in [2.45, 2.75) is 13.1 Å². The number of ether oxygens (including phenoxy) is 1. The molecule has 3 rings (SSSR count). The summed E-state index contributed by atoms with van der Waals surface area (Å²) in [7, 11) is -3.55. The molecule has 0 fully saturated rings. The zero-order chi connectivity index (χ0) is 23.1. The number of carbonyl (C=O) groups is 1. The number of amides is 1. The first kappa shape index (κ1) is 23.9. The molecular weight excluding hydrogens is 471 g/mol. The lowest BCUT2D eigenvalue weighted by Gasteiger charge is -2.23. The molecule has 0 bridgehead atoms. The second-order valence-corrected chi connectivity index (χ2v) is 9.80. The van der Waals surface area contributed by atoms with Gasteiger partial charge in [-0.3, -0.25) is 9.10 Å². The van der Waals surface area contributed by atoms with Gasteiger partial charge in [0.05, 0.1) is 18.5 Å². The van der Waals surface area contributed by atoms with E-state index in [0.717, 1.165) is 11.8 Å². The van der Waals surface area contributed by atoms with Gasteiger partial charge in [0.15, 0.2) is 6.61 Å². The standard InChI is InChI=1S/C23H22Cl2N2O4S/c1-32(29,30)27(15-18-4-2-3-5-22(18)25)20-10-12-21(13-11-20)31-16-23(28)26-14-17-6-8-19(24)9-7-17/h2-13H,14-16H2,1H3,(H,26,28). The summed E-state index contributed by atoms with van der Waals surface area (Å²) in [6.45, 7) is 0.303. The molecule has 3 aromatic rings. The third kappa shape index (κ3) is 6.88. The Morgan fingerprint density at radius 1 is 0.969 bits per heavy atom. The first-order valence-electron chi connectivity index (χ1n) is 9.67. The van der Waals surface area contributed by atoms with Crippen LogP contribution in [0.15, 0.2) is 72.8 Å². The van der Waals surface area contributed by atoms with Crippen LogP contribution in [0.5, 0.6) is 5.75 Å². The van der Waals surface area contributed by atoms with Gasteiger partial charge in [-0.05, 0) is 53.6 Å². The van der Waals surface area contributed by atoms with Crippen LogP contribution in [0.25, 0.3) is 0 Å². The topological polar surface area (TPSA) is 75.7 Å². The number of nitrogens with zero attached hydrogens (tertiary/aromatic N) is 1. The van der Waals surface area contributed by atoms with Crippen LogP contribution in [-0.4, -0.2) is 27.2 Å². The Kier molecular flexibility index (Phi) is 8.01. The minimum absolute atomic E-state index is 0.103. The van der Waals surface area contributed by atoms with E-state index < -0.39 is 10.0 Å². The lowest BCUT2D eigenvalue weighted by molar-refractivity contribution is -0.123. The van der Waals surface area contributed by atoms with E-state index in [1.165, 1.54) is 4.31 Å². The van der Waals surface area contributed by atoms with Crippen molar-refractivity contribution in [1.82, 2.24) is 5.32 Å². The number of carbonyl (C=O) groups excluding carboxylic acids is 1. The Balaban J connectivity index is 1.59. The Morgan fingerprint density at radius 2 is 1.62 bits per heavy atom. The second kappa shape index (κ2) is 10.7. The summed E-state index contributed by atoms with van der Waals surface area (Å²) in [5, 5.41) is 3.89. The van der Waals surface area contributed by atoms with Crippen LogP contribution in [0.3, 0.4) is 0 Å². The maximum atomic E-state index is 12.3. The Labute approximate surface area is 197 Å². The van der Waals surface area contributed by atoms with Gasteiger partial charge in [0, 0.05) is 16.6 Å². The minimum atomic E-state index is -3.55. The van der Waals surface area contributed by atoms with Crippen LogP contribution in [-0.2, 0) is 27.9 Å². The van der Waals surface area contributed by atoms with Crippen molar-refractivity contribution >= 4 is 44.8 Å². The highest BCUT2D eigenvalue weighted by Gasteiger charge is 2.19. The van der Waals surface area contributed by atoms with Gasteiger partial charge in [-0.2, -0.15) is 0 Å². The molecule has 3 aromatic carbocycles. The Bertz CT molecular complexity index is 1170. The summed E-state index contributed by atoms with van der Waals surface area (Å²) < 4.78 is 31.5. The minimum Gasteiger partial charge on any atom is -0.484 e. The van der Waals surface area contributed by atoms with Gasteiger partial charge >= 0.3 is 0 Å². The number of benzene rings is 3. The molecule has 0 heterocycles. The predicted molar refractivity (Wildman–Crippen MR) is 128 cm³/mol. The molecule has 0 saturated heterocycles. The van der Waals surface area contributed by atoms with Crippen LogP contribution in [0.4, 0.5) is 5.69 Å². The van der Waals surface area contributed by atoms with Crippen molar-refractivity contribution in [3.63, 3.8) is 0 Å². The van der Waals surface area contributed by atoms with Crippen molar-refractivity contribution in [2.75, 3.05) is 17.2 Å². The van der Waals surface area contributed by atoms with E-state index in [0.29, 0.717) is 33.6 Å². The molecule has 0 radical (unpaired) electrons. The smallest absolute Gasteiger partial charge is 0.258 e. The van der Waals surface area contributed by atoms with Gasteiger partial charge in [-0.25, -0.2) is 8.42 Å². The van der Waals surface area contributed by atoms with Crippen molar-refractivity contribution in [2.24, 2.45) is 0 Å². The first-order valence-corrected chi connectivity index (χ1v) is 12.3. The van der Waals surface area contributed by atoms with Gasteiger partial charge in [0.25, 0.3) is 5.91 Å². The van der Waals surface area contributed by atoms with Crippen LogP contribution >= 0.6 is 23.2 Å². The molecule has 9 heteroatoms. The van der Waals surface area contributed by atoms with Crippen LogP contribution in [0.1, 0.15) is 11.1 Å². The summed E-state index contributed by atoms with van der Waals surface area (Å²) in [6.07, 6.45) is 1.14. The van der Waals surface area contributed by atoms with Crippen molar-refractivity contribution in [3.05, 3.63) is 94.0 Å². The van der Waals surface area contributed by atoms with Crippen molar-refractivity contribution < 1.29 is 17.9 Å². The summed E-state index contributed by atoms with van der Waals surface area (Å²) in [5.74, 6) is 0.169. The molecule has 0 aliphatic carbocycles. The van der Waals surface area contributed by atoms with E-state index in [2.05, 4.69) is 5.32 Å². The molecule has 0 unspecified atom stereocenters. The molecule has 0 aliphatic rings. The average molecular weight is 493 g/mol. The molecular formula is C23H22Cl2N2O4S. The fraction of sp³-hybridized carbons (Fsp3) is 0.174. The predicted octanol–water partition coefficient (Wildman–Crippen LogP) is 4.65. The highest BCUT2D eigenvalue weighted by Crippen LogP contribution is 2.26. The maximum absolute atomic E-state index is 12.3. The number of sulfonamides is 1. The van der Waals surface area contributed by atoms with E-state index in [9.17, 15) is 13.2 Å². The summed E-state index contributed by atoms with van der Waals surface area (Å²) in [6, 6.07) is 20.7. The van der Waals surface area contributed by atoms with Gasteiger partial charge < -0.3 is 10.1 Å². The fourth-order valence-electron chi connectivity index (χ4n) is 2.89. The molecule has 168 valence electrons. The van der Waals surface area contributed by atoms with Crippen LogP contribution in [0.2, 0.25) is 10.0 Å². The van der Waals surface area contributed by atoms with Crippen LogP contribution in [0, 0.1) is 0 Å². The summed E-state index contributed by atoms with van der Waals surface area (Å²) in [4.78, 5) is 12.0. The van der Waals surface area contributed by atoms with E-state index in [-0.39, 0.29) is 19.1 Å². The largest absolute Gasteiger partial charge is 0.484 e. The second-order valence-electron chi connectivity index (χ2n) is 7.05. The van der Waals surface area contributed by atoms with Gasteiger partial charge in [-0.15, -0.1) is 0 Å². The van der Waals surface area contributed by atoms with Crippen LogP contribution < -0.4 is 14.4 Å². The Morgan fingerprint density at radius 3 is 2.25 bits per heavy atom. The lowest BCUT2D eigenvalue weighted by Crippen LogP contribution is -2.29. The van der Waals surface area contributed by atoms with Gasteiger partial charge in [0.2, 0.25) is 10.0 Å². The third-order valence-electron chi connectivity index (χ3n) is 4.57. The quantitative estimate of drug-likeness (QED) is 0.471. The van der Waals surface area contributed by atoms with E-state index in [4.69, 9.17) is 27.9 Å². The highest BCUT2D eigenvalue weighted by molar-refractivity contribution is 7.92. The zero-order valence-electron chi connectivity index (χ0n) is 17.3. The molecule has 0 saturated carbocycles. The van der Waals surface area contributed by atoms with Crippen molar-refractivity contribution in [3.8, 4) is 5.75 Å². The zero-order valence-corrected chi connectivity index (χ0v) is 19.6. The average Bonchev–Trinajstić information content (AvgIpc) is 2.76. The van der Waals surface area contributed by atoms with E-state index in [1.54, 1.807) is 60.7 Å². The SMILES string of the molecule is CS(=O)(=O)N(Cc1ccccc1Cl)c1ccc(OCC(=O)NCc2ccc(Cl)cc2)cc1. The molecule has 0 spiro atoms. The first-order chi connectivity index (χ1) is 15.2. The molecule has 1 N–H and O–H groups in total. The summed E-state index contributed by atoms with van der Waals surface area (Å²) in [5.41, 5.74) is 2.08. The highest BCUT2D eigenvalue weighted by atomic mass is 35.5.